The van der Waals surface area contributed by atoms with Gasteiger partial charge in [-0.25, -0.2) is 4.98 Å². The average molecular weight is 392 g/mol. The van der Waals surface area contributed by atoms with Gasteiger partial charge in [-0.1, -0.05) is 18.2 Å². The zero-order valence-corrected chi connectivity index (χ0v) is 16.8. The summed E-state index contributed by atoms with van der Waals surface area (Å²) in [4.78, 5) is 17.1. The fraction of sp³-hybridized carbons (Fsp3) is 0.304. The Morgan fingerprint density at radius 1 is 1.21 bits per heavy atom. The third-order valence-corrected chi connectivity index (χ3v) is 4.75. The largest absolute Gasteiger partial charge is 0.492 e. The van der Waals surface area contributed by atoms with Crippen LogP contribution in [0.2, 0.25) is 0 Å². The lowest BCUT2D eigenvalue weighted by Gasteiger charge is -2.14. The maximum Gasteiger partial charge on any atom is 0.262 e. The zero-order valence-electron chi connectivity index (χ0n) is 16.8. The summed E-state index contributed by atoms with van der Waals surface area (Å²) in [5.41, 5.74) is 3.31. The number of nitrogens with zero attached hydrogens (tertiary/aromatic N) is 1. The van der Waals surface area contributed by atoms with Crippen molar-refractivity contribution in [2.45, 2.75) is 33.3 Å². The number of ether oxygens (including phenoxy) is 3. The lowest BCUT2D eigenvalue weighted by atomic mass is 10.1. The predicted octanol–water partition coefficient (Wildman–Crippen LogP) is 4.28. The Hall–Kier alpha value is -3.28. The Bertz CT molecular complexity index is 1060. The Balaban J connectivity index is 1.49. The highest BCUT2D eigenvalue weighted by Gasteiger charge is 2.22. The number of para-hydroxylation sites is 1. The molecule has 1 aliphatic rings. The van der Waals surface area contributed by atoms with Gasteiger partial charge < -0.3 is 19.5 Å². The van der Waals surface area contributed by atoms with Gasteiger partial charge in [0, 0.05) is 29.1 Å². The number of aryl methyl sites for hydroxylation is 1. The standard InChI is InChI=1S/C23H24N2O4/c1-4-27-21-11-17-10-15(3)29-20(17)12-18(21)25-22(26)13-28-19-7-5-6-16-9-8-14(2)24-23(16)19/h5-9,11-12,15H,4,10,13H2,1-3H3,(H,25,26). The van der Waals surface area contributed by atoms with Gasteiger partial charge in [0.05, 0.1) is 12.3 Å². The molecule has 29 heavy (non-hydrogen) atoms. The van der Waals surface area contributed by atoms with Crippen LogP contribution in [0.25, 0.3) is 10.9 Å². The number of hydrogen-bond donors (Lipinski definition) is 1. The van der Waals surface area contributed by atoms with E-state index in [-0.39, 0.29) is 18.6 Å². The molecule has 2 aromatic carbocycles. The molecule has 1 amide bonds. The van der Waals surface area contributed by atoms with Crippen LogP contribution in [-0.4, -0.2) is 30.2 Å². The van der Waals surface area contributed by atoms with E-state index in [0.717, 1.165) is 34.3 Å². The smallest absolute Gasteiger partial charge is 0.262 e. The molecule has 4 rings (SSSR count). The van der Waals surface area contributed by atoms with Crippen LogP contribution in [0.5, 0.6) is 17.2 Å². The van der Waals surface area contributed by atoms with Crippen molar-refractivity contribution in [2.75, 3.05) is 18.5 Å². The summed E-state index contributed by atoms with van der Waals surface area (Å²) in [6.07, 6.45) is 0.955. The third-order valence-electron chi connectivity index (χ3n) is 4.75. The lowest BCUT2D eigenvalue weighted by Crippen LogP contribution is -2.21. The topological polar surface area (TPSA) is 69.7 Å². The summed E-state index contributed by atoms with van der Waals surface area (Å²) in [5.74, 6) is 1.73. The summed E-state index contributed by atoms with van der Waals surface area (Å²) in [7, 11) is 0. The quantitative estimate of drug-likeness (QED) is 0.678. The number of carbonyl (C=O) groups is 1. The van der Waals surface area contributed by atoms with Crippen molar-refractivity contribution in [3.05, 3.63) is 53.7 Å². The van der Waals surface area contributed by atoms with Gasteiger partial charge >= 0.3 is 0 Å². The molecule has 0 aliphatic carbocycles. The van der Waals surface area contributed by atoms with Gasteiger partial charge in [-0.3, -0.25) is 4.79 Å². The van der Waals surface area contributed by atoms with E-state index in [9.17, 15) is 4.79 Å². The first-order chi connectivity index (χ1) is 14.0. The molecule has 150 valence electrons. The highest BCUT2D eigenvalue weighted by atomic mass is 16.5. The first-order valence-corrected chi connectivity index (χ1v) is 9.79. The molecule has 1 unspecified atom stereocenters. The van der Waals surface area contributed by atoms with Gasteiger partial charge in [0.2, 0.25) is 0 Å². The Morgan fingerprint density at radius 3 is 2.90 bits per heavy atom. The van der Waals surface area contributed by atoms with Gasteiger partial charge in [0.1, 0.15) is 28.9 Å². The highest BCUT2D eigenvalue weighted by molar-refractivity contribution is 5.94. The highest BCUT2D eigenvalue weighted by Crippen LogP contribution is 2.38. The van der Waals surface area contributed by atoms with Crippen molar-refractivity contribution in [1.82, 2.24) is 4.98 Å². The van der Waals surface area contributed by atoms with Crippen molar-refractivity contribution >= 4 is 22.5 Å². The fourth-order valence-corrected chi connectivity index (χ4v) is 3.48. The monoisotopic (exact) mass is 392 g/mol. The second-order valence-electron chi connectivity index (χ2n) is 7.14. The Morgan fingerprint density at radius 2 is 2.07 bits per heavy atom. The van der Waals surface area contributed by atoms with Gasteiger partial charge in [0.25, 0.3) is 5.91 Å². The molecule has 0 saturated heterocycles. The number of anilines is 1. The number of hydrogen-bond acceptors (Lipinski definition) is 5. The van der Waals surface area contributed by atoms with Crippen molar-refractivity contribution in [3.63, 3.8) is 0 Å². The first-order valence-electron chi connectivity index (χ1n) is 9.79. The number of carbonyl (C=O) groups excluding carboxylic acids is 1. The third kappa shape index (κ3) is 4.11. The number of rotatable bonds is 6. The van der Waals surface area contributed by atoms with Crippen LogP contribution in [0.4, 0.5) is 5.69 Å². The maximum absolute atomic E-state index is 12.6. The van der Waals surface area contributed by atoms with Crippen LogP contribution < -0.4 is 19.5 Å². The number of nitrogens with one attached hydrogen (secondary N) is 1. The van der Waals surface area contributed by atoms with E-state index in [1.54, 1.807) is 0 Å². The summed E-state index contributed by atoms with van der Waals surface area (Å²) in [6, 6.07) is 13.4. The molecule has 3 aromatic rings. The van der Waals surface area contributed by atoms with Gasteiger partial charge in [-0.2, -0.15) is 0 Å². The van der Waals surface area contributed by atoms with Gasteiger partial charge in [-0.05, 0) is 39.0 Å². The number of aromatic nitrogens is 1. The molecule has 6 nitrogen and oxygen atoms in total. The summed E-state index contributed by atoms with van der Waals surface area (Å²) in [6.45, 7) is 6.24. The fourth-order valence-electron chi connectivity index (χ4n) is 3.48. The van der Waals surface area contributed by atoms with Crippen LogP contribution in [0, 0.1) is 6.92 Å². The van der Waals surface area contributed by atoms with E-state index >= 15 is 0 Å². The molecule has 0 radical (unpaired) electrons. The number of pyridine rings is 1. The minimum Gasteiger partial charge on any atom is -0.492 e. The van der Waals surface area contributed by atoms with Crippen LogP contribution in [0.1, 0.15) is 25.1 Å². The number of amides is 1. The minimum atomic E-state index is -0.276. The van der Waals surface area contributed by atoms with E-state index < -0.39 is 0 Å². The van der Waals surface area contributed by atoms with Crippen LogP contribution in [0.3, 0.4) is 0 Å². The average Bonchev–Trinajstić information content (AvgIpc) is 3.05. The van der Waals surface area contributed by atoms with Crippen LogP contribution >= 0.6 is 0 Å². The first kappa shape index (κ1) is 19.1. The number of fused-ring (bicyclic) bond motifs is 2. The van der Waals surface area contributed by atoms with E-state index in [0.29, 0.717) is 23.8 Å². The molecule has 0 spiro atoms. The molecule has 2 heterocycles. The lowest BCUT2D eigenvalue weighted by molar-refractivity contribution is -0.118. The second kappa shape index (κ2) is 7.99. The van der Waals surface area contributed by atoms with E-state index in [4.69, 9.17) is 14.2 Å². The Kier molecular flexibility index (Phi) is 5.25. The van der Waals surface area contributed by atoms with E-state index in [2.05, 4.69) is 10.3 Å². The van der Waals surface area contributed by atoms with Crippen molar-refractivity contribution in [2.24, 2.45) is 0 Å². The van der Waals surface area contributed by atoms with Gasteiger partial charge in [0.15, 0.2) is 6.61 Å². The predicted molar refractivity (Wildman–Crippen MR) is 112 cm³/mol. The molecule has 0 fully saturated rings. The molecule has 1 aromatic heterocycles. The molecule has 6 heteroatoms. The SMILES string of the molecule is CCOc1cc2c(cc1NC(=O)COc1cccc3ccc(C)nc13)OC(C)C2. The Labute approximate surface area is 169 Å². The summed E-state index contributed by atoms with van der Waals surface area (Å²) in [5, 5.41) is 3.85. The van der Waals surface area contributed by atoms with Gasteiger partial charge in [-0.15, -0.1) is 0 Å². The molecule has 1 N–H and O–H groups in total. The molecular weight excluding hydrogens is 368 g/mol. The molecule has 0 bridgehead atoms. The maximum atomic E-state index is 12.6. The van der Waals surface area contributed by atoms with Crippen molar-refractivity contribution < 1.29 is 19.0 Å². The van der Waals surface area contributed by atoms with E-state index in [1.807, 2.05) is 63.2 Å². The molecule has 1 aliphatic heterocycles. The molecule has 1 atom stereocenters. The summed E-state index contributed by atoms with van der Waals surface area (Å²) >= 11 is 0. The number of benzene rings is 2. The van der Waals surface area contributed by atoms with E-state index in [1.165, 1.54) is 0 Å². The van der Waals surface area contributed by atoms with Crippen molar-refractivity contribution in [1.29, 1.82) is 0 Å². The normalized spacial score (nSPS) is 14.9. The van der Waals surface area contributed by atoms with Crippen LogP contribution in [-0.2, 0) is 11.2 Å². The summed E-state index contributed by atoms with van der Waals surface area (Å²) < 4.78 is 17.3. The molecule has 0 saturated carbocycles. The minimum absolute atomic E-state index is 0.121. The zero-order chi connectivity index (χ0) is 20.4. The molecular formula is C23H24N2O4. The second-order valence-corrected chi connectivity index (χ2v) is 7.14. The van der Waals surface area contributed by atoms with Crippen LogP contribution in [0.15, 0.2) is 42.5 Å². The van der Waals surface area contributed by atoms with Crippen molar-refractivity contribution in [3.8, 4) is 17.2 Å².